The van der Waals surface area contributed by atoms with Crippen LogP contribution < -0.4 is 0 Å². The highest BCUT2D eigenvalue weighted by Crippen LogP contribution is 2.25. The van der Waals surface area contributed by atoms with Crippen LogP contribution in [0.15, 0.2) is 30.5 Å². The first-order valence-corrected chi connectivity index (χ1v) is 5.92. The number of nitrogens with zero attached hydrogens (tertiary/aromatic N) is 2. The zero-order valence-corrected chi connectivity index (χ0v) is 10.1. The molecule has 0 aliphatic rings. The zero-order chi connectivity index (χ0) is 13.9. The molecule has 1 unspecified atom stereocenters. The van der Waals surface area contributed by atoms with Gasteiger partial charge in [0.1, 0.15) is 0 Å². The van der Waals surface area contributed by atoms with Crippen molar-refractivity contribution in [2.24, 2.45) is 0 Å². The first kappa shape index (κ1) is 13.7. The Hall–Kier alpha value is -1.69. The van der Waals surface area contributed by atoms with E-state index in [4.69, 9.17) is 0 Å². The van der Waals surface area contributed by atoms with E-state index in [2.05, 4.69) is 9.97 Å². The Kier molecular flexibility index (Phi) is 3.99. The molecule has 19 heavy (non-hydrogen) atoms. The van der Waals surface area contributed by atoms with Crippen molar-refractivity contribution in [2.75, 3.05) is 0 Å². The van der Waals surface area contributed by atoms with Crippen molar-refractivity contribution < 1.29 is 18.3 Å². The van der Waals surface area contributed by atoms with Gasteiger partial charge in [0, 0.05) is 6.42 Å². The van der Waals surface area contributed by atoms with Crippen molar-refractivity contribution in [1.82, 2.24) is 9.97 Å². The van der Waals surface area contributed by atoms with E-state index in [1.807, 2.05) is 6.07 Å². The van der Waals surface area contributed by atoms with Crippen molar-refractivity contribution in [3.8, 4) is 0 Å². The molecule has 102 valence electrons. The Balaban J connectivity index is 2.03. The van der Waals surface area contributed by atoms with Crippen LogP contribution in [0.1, 0.15) is 31.1 Å². The van der Waals surface area contributed by atoms with E-state index in [0.717, 1.165) is 0 Å². The van der Waals surface area contributed by atoms with E-state index in [0.29, 0.717) is 16.7 Å². The minimum Gasteiger partial charge on any atom is -0.387 e. The first-order chi connectivity index (χ1) is 8.96. The second kappa shape index (κ2) is 5.52. The number of aromatic nitrogens is 2. The summed E-state index contributed by atoms with van der Waals surface area (Å²) in [6, 6.07) is 7.13. The number of benzene rings is 1. The van der Waals surface area contributed by atoms with Crippen LogP contribution in [0.4, 0.5) is 13.2 Å². The van der Waals surface area contributed by atoms with Crippen LogP contribution in [0.2, 0.25) is 0 Å². The van der Waals surface area contributed by atoms with Gasteiger partial charge < -0.3 is 5.11 Å². The van der Waals surface area contributed by atoms with Crippen molar-refractivity contribution in [2.45, 2.75) is 31.5 Å². The molecule has 1 atom stereocenters. The third kappa shape index (κ3) is 3.89. The summed E-state index contributed by atoms with van der Waals surface area (Å²) in [5.41, 5.74) is 1.62. The van der Waals surface area contributed by atoms with Gasteiger partial charge in [0.25, 0.3) is 0 Å². The number of aliphatic hydroxyl groups excluding tert-OH is 1. The van der Waals surface area contributed by atoms with E-state index in [-0.39, 0.29) is 12.8 Å². The Labute approximate surface area is 108 Å². The number of para-hydroxylation sites is 2. The number of fused-ring (bicyclic) bond motifs is 1. The van der Waals surface area contributed by atoms with Crippen molar-refractivity contribution >= 4 is 11.0 Å². The number of halogens is 3. The molecule has 6 heteroatoms. The molecular weight excluding hydrogens is 257 g/mol. The summed E-state index contributed by atoms with van der Waals surface area (Å²) in [6.45, 7) is 0. The second-order valence-corrected chi connectivity index (χ2v) is 4.31. The third-order valence-corrected chi connectivity index (χ3v) is 2.75. The Bertz CT molecular complexity index is 557. The fraction of sp³-hybridized carbons (Fsp3) is 0.385. The minimum absolute atomic E-state index is 0.0204. The number of aliphatic hydroxyl groups is 1. The number of alkyl halides is 3. The second-order valence-electron chi connectivity index (χ2n) is 4.31. The largest absolute Gasteiger partial charge is 0.389 e. The van der Waals surface area contributed by atoms with Crippen LogP contribution >= 0.6 is 0 Å². The maximum atomic E-state index is 12.0. The SMILES string of the molecule is OC(CCCC(F)(F)F)c1cnc2ccccc2n1. The van der Waals surface area contributed by atoms with Gasteiger partial charge in [0.05, 0.1) is 29.0 Å². The lowest BCUT2D eigenvalue weighted by Crippen LogP contribution is -2.08. The summed E-state index contributed by atoms with van der Waals surface area (Å²) in [7, 11) is 0. The molecule has 0 aliphatic carbocycles. The predicted octanol–water partition coefficient (Wildman–Crippen LogP) is 3.40. The van der Waals surface area contributed by atoms with Crippen LogP contribution in [-0.4, -0.2) is 21.3 Å². The molecule has 0 bridgehead atoms. The molecule has 2 aromatic rings. The van der Waals surface area contributed by atoms with Gasteiger partial charge in [-0.1, -0.05) is 12.1 Å². The molecule has 0 spiro atoms. The number of hydrogen-bond acceptors (Lipinski definition) is 3. The van der Waals surface area contributed by atoms with Crippen molar-refractivity contribution in [1.29, 1.82) is 0 Å². The normalized spacial score (nSPS) is 13.7. The Morgan fingerprint density at radius 1 is 1.16 bits per heavy atom. The zero-order valence-electron chi connectivity index (χ0n) is 10.1. The molecular formula is C13H13F3N2O. The molecule has 0 aliphatic heterocycles. The molecule has 0 amide bonds. The van der Waals surface area contributed by atoms with Crippen molar-refractivity contribution in [3.05, 3.63) is 36.2 Å². The summed E-state index contributed by atoms with van der Waals surface area (Å²) in [5.74, 6) is 0. The summed E-state index contributed by atoms with van der Waals surface area (Å²) in [6.07, 6.45) is -4.80. The summed E-state index contributed by atoms with van der Waals surface area (Å²) >= 11 is 0. The van der Waals surface area contributed by atoms with Gasteiger partial charge in [0.15, 0.2) is 0 Å². The fourth-order valence-corrected chi connectivity index (χ4v) is 1.78. The van der Waals surface area contributed by atoms with Crippen molar-refractivity contribution in [3.63, 3.8) is 0 Å². The van der Waals surface area contributed by atoms with E-state index in [1.165, 1.54) is 6.20 Å². The fourth-order valence-electron chi connectivity index (χ4n) is 1.78. The van der Waals surface area contributed by atoms with Gasteiger partial charge in [0.2, 0.25) is 0 Å². The molecule has 0 radical (unpaired) electrons. The van der Waals surface area contributed by atoms with Crippen LogP contribution in [-0.2, 0) is 0 Å². The van der Waals surface area contributed by atoms with E-state index in [9.17, 15) is 18.3 Å². The number of rotatable bonds is 4. The summed E-state index contributed by atoms with van der Waals surface area (Å²) in [5, 5.41) is 9.81. The highest BCUT2D eigenvalue weighted by Gasteiger charge is 2.26. The Morgan fingerprint density at radius 2 is 1.84 bits per heavy atom. The number of hydrogen-bond donors (Lipinski definition) is 1. The smallest absolute Gasteiger partial charge is 0.387 e. The molecule has 0 saturated heterocycles. The lowest BCUT2D eigenvalue weighted by atomic mass is 10.1. The van der Waals surface area contributed by atoms with Crippen LogP contribution in [0.5, 0.6) is 0 Å². The van der Waals surface area contributed by atoms with Gasteiger partial charge in [-0.2, -0.15) is 13.2 Å². The van der Waals surface area contributed by atoms with Gasteiger partial charge in [-0.25, -0.2) is 4.98 Å². The maximum absolute atomic E-state index is 12.0. The standard InChI is InChI=1S/C13H13F3N2O/c14-13(15,16)7-3-6-12(19)11-8-17-9-4-1-2-5-10(9)18-11/h1-2,4-5,8,12,19H,3,6-7H2. The minimum atomic E-state index is -4.19. The quantitative estimate of drug-likeness (QED) is 0.926. The molecule has 0 fully saturated rings. The van der Waals surface area contributed by atoms with Crippen LogP contribution in [0.3, 0.4) is 0 Å². The van der Waals surface area contributed by atoms with Gasteiger partial charge in [-0.3, -0.25) is 4.98 Å². The van der Waals surface area contributed by atoms with Crippen LogP contribution in [0.25, 0.3) is 11.0 Å². The summed E-state index contributed by atoms with van der Waals surface area (Å²) in [4.78, 5) is 8.31. The maximum Gasteiger partial charge on any atom is 0.389 e. The topological polar surface area (TPSA) is 46.0 Å². The average Bonchev–Trinajstić information content (AvgIpc) is 2.36. The molecule has 3 nitrogen and oxygen atoms in total. The highest BCUT2D eigenvalue weighted by molar-refractivity contribution is 5.73. The molecule has 1 aromatic carbocycles. The average molecular weight is 270 g/mol. The molecule has 0 saturated carbocycles. The predicted molar refractivity (Wildman–Crippen MR) is 64.4 cm³/mol. The third-order valence-electron chi connectivity index (χ3n) is 2.75. The highest BCUT2D eigenvalue weighted by atomic mass is 19.4. The van der Waals surface area contributed by atoms with Gasteiger partial charge >= 0.3 is 6.18 Å². The first-order valence-electron chi connectivity index (χ1n) is 5.92. The summed E-state index contributed by atoms with van der Waals surface area (Å²) < 4.78 is 36.0. The van der Waals surface area contributed by atoms with E-state index in [1.54, 1.807) is 18.2 Å². The van der Waals surface area contributed by atoms with Gasteiger partial charge in [-0.05, 0) is 25.0 Å². The Morgan fingerprint density at radius 3 is 2.53 bits per heavy atom. The van der Waals surface area contributed by atoms with E-state index >= 15 is 0 Å². The van der Waals surface area contributed by atoms with E-state index < -0.39 is 18.7 Å². The molecule has 1 aromatic heterocycles. The van der Waals surface area contributed by atoms with Crippen LogP contribution in [0, 0.1) is 0 Å². The lowest BCUT2D eigenvalue weighted by molar-refractivity contribution is -0.136. The van der Waals surface area contributed by atoms with Gasteiger partial charge in [-0.15, -0.1) is 0 Å². The molecule has 1 heterocycles. The molecule has 2 rings (SSSR count). The molecule has 1 N–H and O–H groups in total. The lowest BCUT2D eigenvalue weighted by Gasteiger charge is -2.11. The monoisotopic (exact) mass is 270 g/mol.